The SMILES string of the molecule is CN(Cc1ccccc1)C(=O)C1CCC(C(=O)Nc2ccc(F)cc2F)CC1. The van der Waals surface area contributed by atoms with Crippen LogP contribution in [-0.4, -0.2) is 23.8 Å². The summed E-state index contributed by atoms with van der Waals surface area (Å²) in [6, 6.07) is 12.9. The van der Waals surface area contributed by atoms with Crippen molar-refractivity contribution in [2.24, 2.45) is 11.8 Å². The van der Waals surface area contributed by atoms with Gasteiger partial charge in [-0.2, -0.15) is 0 Å². The molecule has 0 atom stereocenters. The Balaban J connectivity index is 1.50. The number of carbonyl (C=O) groups is 2. The van der Waals surface area contributed by atoms with Crippen LogP contribution >= 0.6 is 0 Å². The van der Waals surface area contributed by atoms with Crippen LogP contribution in [-0.2, 0) is 16.1 Å². The fraction of sp³-hybridized carbons (Fsp3) is 0.364. The third-order valence-corrected chi connectivity index (χ3v) is 5.28. The molecule has 0 radical (unpaired) electrons. The molecule has 0 bridgehead atoms. The molecule has 2 aromatic carbocycles. The van der Waals surface area contributed by atoms with E-state index in [2.05, 4.69) is 5.32 Å². The Kier molecular flexibility index (Phi) is 6.39. The topological polar surface area (TPSA) is 49.4 Å². The molecule has 0 heterocycles. The number of nitrogens with one attached hydrogen (secondary N) is 1. The minimum Gasteiger partial charge on any atom is -0.341 e. The average Bonchev–Trinajstić information content (AvgIpc) is 2.70. The number of nitrogens with zero attached hydrogens (tertiary/aromatic N) is 1. The first-order valence-corrected chi connectivity index (χ1v) is 9.49. The lowest BCUT2D eigenvalue weighted by molar-refractivity contribution is -0.137. The van der Waals surface area contributed by atoms with Gasteiger partial charge in [-0.25, -0.2) is 8.78 Å². The van der Waals surface area contributed by atoms with Gasteiger partial charge in [0.1, 0.15) is 11.6 Å². The van der Waals surface area contributed by atoms with E-state index in [0.717, 1.165) is 17.7 Å². The van der Waals surface area contributed by atoms with Crippen molar-refractivity contribution < 1.29 is 18.4 Å². The van der Waals surface area contributed by atoms with Crippen LogP contribution in [0.2, 0.25) is 0 Å². The molecule has 1 fully saturated rings. The third-order valence-electron chi connectivity index (χ3n) is 5.28. The van der Waals surface area contributed by atoms with Crippen LogP contribution in [0, 0.1) is 23.5 Å². The van der Waals surface area contributed by atoms with E-state index >= 15 is 0 Å². The van der Waals surface area contributed by atoms with Crippen molar-refractivity contribution in [1.82, 2.24) is 4.90 Å². The number of benzene rings is 2. The van der Waals surface area contributed by atoms with E-state index in [0.29, 0.717) is 32.2 Å². The summed E-state index contributed by atoms with van der Waals surface area (Å²) in [5.41, 5.74) is 1.06. The molecule has 0 aliphatic heterocycles. The van der Waals surface area contributed by atoms with Crippen LogP contribution in [0.4, 0.5) is 14.5 Å². The summed E-state index contributed by atoms with van der Waals surface area (Å²) < 4.78 is 26.7. The highest BCUT2D eigenvalue weighted by atomic mass is 19.1. The van der Waals surface area contributed by atoms with E-state index in [4.69, 9.17) is 0 Å². The van der Waals surface area contributed by atoms with Crippen LogP contribution in [0.15, 0.2) is 48.5 Å². The van der Waals surface area contributed by atoms with Gasteiger partial charge < -0.3 is 10.2 Å². The van der Waals surface area contributed by atoms with Gasteiger partial charge in [0.2, 0.25) is 11.8 Å². The van der Waals surface area contributed by atoms with Gasteiger partial charge in [0.25, 0.3) is 0 Å². The van der Waals surface area contributed by atoms with Gasteiger partial charge in [0, 0.05) is 31.5 Å². The van der Waals surface area contributed by atoms with Crippen LogP contribution in [0.3, 0.4) is 0 Å². The predicted molar refractivity (Wildman–Crippen MR) is 103 cm³/mol. The molecule has 0 spiro atoms. The normalized spacial score (nSPS) is 19.1. The smallest absolute Gasteiger partial charge is 0.227 e. The monoisotopic (exact) mass is 386 g/mol. The summed E-state index contributed by atoms with van der Waals surface area (Å²) in [5.74, 6) is -2.04. The minimum atomic E-state index is -0.792. The van der Waals surface area contributed by atoms with Gasteiger partial charge in [-0.05, 0) is 43.4 Å². The van der Waals surface area contributed by atoms with E-state index in [-0.39, 0.29) is 29.3 Å². The second kappa shape index (κ2) is 8.95. The van der Waals surface area contributed by atoms with Gasteiger partial charge in [-0.1, -0.05) is 30.3 Å². The van der Waals surface area contributed by atoms with Crippen LogP contribution in [0.1, 0.15) is 31.2 Å². The molecule has 1 N–H and O–H groups in total. The highest BCUT2D eigenvalue weighted by molar-refractivity contribution is 5.92. The summed E-state index contributed by atoms with van der Waals surface area (Å²) in [7, 11) is 1.80. The van der Waals surface area contributed by atoms with Gasteiger partial charge in [0.15, 0.2) is 0 Å². The molecule has 3 rings (SSSR count). The summed E-state index contributed by atoms with van der Waals surface area (Å²) in [4.78, 5) is 26.8. The number of carbonyl (C=O) groups excluding carboxylic acids is 2. The van der Waals surface area contributed by atoms with Crippen molar-refractivity contribution >= 4 is 17.5 Å². The first-order chi connectivity index (χ1) is 13.4. The van der Waals surface area contributed by atoms with Crippen LogP contribution in [0.25, 0.3) is 0 Å². The fourth-order valence-electron chi connectivity index (χ4n) is 3.68. The maximum Gasteiger partial charge on any atom is 0.227 e. The molecule has 6 heteroatoms. The lowest BCUT2D eigenvalue weighted by Crippen LogP contribution is -2.36. The Morgan fingerprint density at radius 1 is 1.00 bits per heavy atom. The van der Waals surface area contributed by atoms with Crippen molar-refractivity contribution in [3.05, 3.63) is 65.7 Å². The minimum absolute atomic E-state index is 0.0211. The molecule has 0 saturated heterocycles. The van der Waals surface area contributed by atoms with E-state index in [1.54, 1.807) is 11.9 Å². The van der Waals surface area contributed by atoms with Crippen molar-refractivity contribution in [1.29, 1.82) is 0 Å². The molecule has 2 amide bonds. The van der Waals surface area contributed by atoms with Gasteiger partial charge in [-0.3, -0.25) is 9.59 Å². The molecule has 28 heavy (non-hydrogen) atoms. The zero-order valence-electron chi connectivity index (χ0n) is 15.8. The Morgan fingerprint density at radius 3 is 2.29 bits per heavy atom. The number of amides is 2. The highest BCUT2D eigenvalue weighted by Crippen LogP contribution is 2.31. The molecule has 0 aromatic heterocycles. The lowest BCUT2D eigenvalue weighted by atomic mass is 9.81. The zero-order chi connectivity index (χ0) is 20.1. The predicted octanol–water partition coefficient (Wildman–Crippen LogP) is 4.37. The van der Waals surface area contributed by atoms with Crippen molar-refractivity contribution in [2.45, 2.75) is 32.2 Å². The Hall–Kier alpha value is -2.76. The molecular weight excluding hydrogens is 362 g/mol. The Bertz CT molecular complexity index is 834. The maximum absolute atomic E-state index is 13.7. The second-order valence-electron chi connectivity index (χ2n) is 7.34. The first kappa shape index (κ1) is 20.0. The Labute approximate surface area is 163 Å². The number of halogens is 2. The van der Waals surface area contributed by atoms with Crippen LogP contribution < -0.4 is 5.32 Å². The molecule has 1 aliphatic carbocycles. The van der Waals surface area contributed by atoms with Gasteiger partial charge >= 0.3 is 0 Å². The average molecular weight is 386 g/mol. The molecule has 2 aromatic rings. The summed E-state index contributed by atoms with van der Waals surface area (Å²) in [5, 5.41) is 2.53. The van der Waals surface area contributed by atoms with E-state index < -0.39 is 11.6 Å². The standard InChI is InChI=1S/C22H24F2N2O2/c1-26(14-15-5-3-2-4-6-15)22(28)17-9-7-16(8-10-17)21(27)25-20-12-11-18(23)13-19(20)24/h2-6,11-13,16-17H,7-10,14H2,1H3,(H,25,27). The molecule has 4 nitrogen and oxygen atoms in total. The molecule has 1 saturated carbocycles. The van der Waals surface area contributed by atoms with Crippen molar-refractivity contribution in [3.8, 4) is 0 Å². The molecule has 148 valence electrons. The fourth-order valence-corrected chi connectivity index (χ4v) is 3.68. The highest BCUT2D eigenvalue weighted by Gasteiger charge is 2.31. The van der Waals surface area contributed by atoms with E-state index in [1.165, 1.54) is 6.07 Å². The maximum atomic E-state index is 13.7. The summed E-state index contributed by atoms with van der Waals surface area (Å²) >= 11 is 0. The largest absolute Gasteiger partial charge is 0.341 e. The lowest BCUT2D eigenvalue weighted by Gasteiger charge is -2.30. The quantitative estimate of drug-likeness (QED) is 0.830. The zero-order valence-corrected chi connectivity index (χ0v) is 15.8. The van der Waals surface area contributed by atoms with Gasteiger partial charge in [-0.15, -0.1) is 0 Å². The van der Waals surface area contributed by atoms with Crippen LogP contribution in [0.5, 0.6) is 0 Å². The van der Waals surface area contributed by atoms with Gasteiger partial charge in [0.05, 0.1) is 5.69 Å². The number of hydrogen-bond donors (Lipinski definition) is 1. The number of anilines is 1. The third kappa shape index (κ3) is 4.94. The van der Waals surface area contributed by atoms with Crippen molar-refractivity contribution in [3.63, 3.8) is 0 Å². The number of rotatable bonds is 5. The first-order valence-electron chi connectivity index (χ1n) is 9.49. The molecule has 0 unspecified atom stereocenters. The van der Waals surface area contributed by atoms with Crippen molar-refractivity contribution in [2.75, 3.05) is 12.4 Å². The van der Waals surface area contributed by atoms with E-state index in [9.17, 15) is 18.4 Å². The molecule has 1 aliphatic rings. The second-order valence-corrected chi connectivity index (χ2v) is 7.34. The summed E-state index contributed by atoms with van der Waals surface area (Å²) in [6.07, 6.45) is 2.40. The van der Waals surface area contributed by atoms with E-state index in [1.807, 2.05) is 30.3 Å². The Morgan fingerprint density at radius 2 is 1.64 bits per heavy atom. The number of hydrogen-bond acceptors (Lipinski definition) is 2. The molecular formula is C22H24F2N2O2. The summed E-state index contributed by atoms with van der Waals surface area (Å²) in [6.45, 7) is 0.559.